The topological polar surface area (TPSA) is 0 Å². The smallest absolute Gasteiger partial charge is 0.00760 e. The molecule has 1 rings (SSSR count). The van der Waals surface area contributed by atoms with Crippen molar-refractivity contribution in [2.24, 2.45) is 5.92 Å². The second-order valence-electron chi connectivity index (χ2n) is 3.19. The molecule has 0 saturated heterocycles. The molecule has 11 heavy (non-hydrogen) atoms. The van der Waals surface area contributed by atoms with Crippen LogP contribution in [-0.2, 0) is 0 Å². The molecule has 0 fully saturated rings. The molecule has 0 amide bonds. The summed E-state index contributed by atoms with van der Waals surface area (Å²) < 4.78 is 0. The summed E-state index contributed by atoms with van der Waals surface area (Å²) in [7, 11) is 0. The van der Waals surface area contributed by atoms with Crippen molar-refractivity contribution in [1.82, 2.24) is 0 Å². The molecule has 0 aliphatic carbocycles. The van der Waals surface area contributed by atoms with Gasteiger partial charge in [0.1, 0.15) is 0 Å². The van der Waals surface area contributed by atoms with Gasteiger partial charge in [-0.2, -0.15) is 0 Å². The Morgan fingerprint density at radius 3 is 2.64 bits per heavy atom. The highest BCUT2D eigenvalue weighted by Gasteiger charge is 2.12. The molecule has 62 valence electrons. The lowest BCUT2D eigenvalue weighted by Gasteiger charge is -2.15. The fourth-order valence-electron chi connectivity index (χ4n) is 1.18. The van der Waals surface area contributed by atoms with Gasteiger partial charge in [0.05, 0.1) is 0 Å². The maximum Gasteiger partial charge on any atom is 0.00760 e. The second kappa shape index (κ2) is 3.91. The molecule has 2 atom stereocenters. The van der Waals surface area contributed by atoms with E-state index in [0.717, 1.165) is 11.8 Å². The fraction of sp³-hybridized carbons (Fsp3) is 0.600. The summed E-state index contributed by atoms with van der Waals surface area (Å²) in [6.07, 6.45) is 1.28. The van der Waals surface area contributed by atoms with Crippen LogP contribution in [0.1, 0.15) is 38.0 Å². The third-order valence-corrected chi connectivity index (χ3v) is 3.56. The first-order valence-electron chi connectivity index (χ1n) is 4.29. The molecule has 0 aliphatic rings. The molecule has 0 nitrogen and oxygen atoms in total. The lowest BCUT2D eigenvalue weighted by molar-refractivity contribution is 0.479. The molecule has 0 spiro atoms. The van der Waals surface area contributed by atoms with E-state index in [1.54, 1.807) is 0 Å². The number of hydrogen-bond acceptors (Lipinski definition) is 1. The van der Waals surface area contributed by atoms with Gasteiger partial charge in [0.15, 0.2) is 0 Å². The molecule has 0 N–H and O–H groups in total. The largest absolute Gasteiger partial charge is 0.149 e. The monoisotopic (exact) mass is 168 g/mol. The standard InChI is InChI=1S/C10H16S/c1-4-8(2)9(3)10-6-5-7-11-10/h5-9H,4H2,1-3H3/t8?,9-/m1/s1. The van der Waals surface area contributed by atoms with E-state index >= 15 is 0 Å². The van der Waals surface area contributed by atoms with Gasteiger partial charge in [0.2, 0.25) is 0 Å². The van der Waals surface area contributed by atoms with E-state index in [1.807, 2.05) is 11.3 Å². The highest BCUT2D eigenvalue weighted by molar-refractivity contribution is 7.10. The first-order valence-corrected chi connectivity index (χ1v) is 5.17. The van der Waals surface area contributed by atoms with Crippen molar-refractivity contribution in [3.8, 4) is 0 Å². The Balaban J connectivity index is 2.62. The van der Waals surface area contributed by atoms with Gasteiger partial charge in [0.25, 0.3) is 0 Å². The van der Waals surface area contributed by atoms with Crippen molar-refractivity contribution in [1.29, 1.82) is 0 Å². The summed E-state index contributed by atoms with van der Waals surface area (Å²) in [6, 6.07) is 4.38. The van der Waals surface area contributed by atoms with Gasteiger partial charge in [-0.15, -0.1) is 11.3 Å². The van der Waals surface area contributed by atoms with Crippen LogP contribution >= 0.6 is 11.3 Å². The molecule has 1 unspecified atom stereocenters. The minimum Gasteiger partial charge on any atom is -0.149 e. The van der Waals surface area contributed by atoms with Crippen molar-refractivity contribution in [3.05, 3.63) is 22.4 Å². The van der Waals surface area contributed by atoms with Crippen molar-refractivity contribution in [3.63, 3.8) is 0 Å². The van der Waals surface area contributed by atoms with Crippen LogP contribution in [0.25, 0.3) is 0 Å². The predicted molar refractivity (Wildman–Crippen MR) is 52.2 cm³/mol. The summed E-state index contributed by atoms with van der Waals surface area (Å²) in [5, 5.41) is 2.16. The maximum atomic E-state index is 2.32. The summed E-state index contributed by atoms with van der Waals surface area (Å²) in [6.45, 7) is 6.90. The van der Waals surface area contributed by atoms with Gasteiger partial charge in [-0.1, -0.05) is 33.3 Å². The number of thiophene rings is 1. The lowest BCUT2D eigenvalue weighted by Crippen LogP contribution is -2.02. The minimum absolute atomic E-state index is 0.736. The quantitative estimate of drug-likeness (QED) is 0.642. The third-order valence-electron chi connectivity index (χ3n) is 2.49. The molecule has 0 aromatic carbocycles. The van der Waals surface area contributed by atoms with Crippen LogP contribution in [0.15, 0.2) is 17.5 Å². The van der Waals surface area contributed by atoms with Gasteiger partial charge in [0, 0.05) is 4.88 Å². The van der Waals surface area contributed by atoms with Crippen LogP contribution in [0, 0.1) is 5.92 Å². The van der Waals surface area contributed by atoms with E-state index in [2.05, 4.69) is 38.3 Å². The Hall–Kier alpha value is -0.300. The lowest BCUT2D eigenvalue weighted by atomic mass is 9.92. The highest BCUT2D eigenvalue weighted by Crippen LogP contribution is 2.29. The van der Waals surface area contributed by atoms with E-state index in [4.69, 9.17) is 0 Å². The minimum atomic E-state index is 0.736. The van der Waals surface area contributed by atoms with Crippen molar-refractivity contribution in [2.45, 2.75) is 33.1 Å². The Morgan fingerprint density at radius 1 is 1.45 bits per heavy atom. The average molecular weight is 168 g/mol. The molecular formula is C10H16S. The van der Waals surface area contributed by atoms with Crippen LogP contribution in [0.3, 0.4) is 0 Å². The van der Waals surface area contributed by atoms with E-state index in [1.165, 1.54) is 11.3 Å². The maximum absolute atomic E-state index is 2.32. The van der Waals surface area contributed by atoms with E-state index in [-0.39, 0.29) is 0 Å². The van der Waals surface area contributed by atoms with Crippen LogP contribution in [0.5, 0.6) is 0 Å². The molecule has 0 radical (unpaired) electrons. The van der Waals surface area contributed by atoms with Crippen LogP contribution in [0.2, 0.25) is 0 Å². The molecule has 1 heteroatoms. The van der Waals surface area contributed by atoms with Crippen molar-refractivity contribution >= 4 is 11.3 Å². The first kappa shape index (κ1) is 8.79. The summed E-state index contributed by atoms with van der Waals surface area (Å²) in [5.41, 5.74) is 0. The normalized spacial score (nSPS) is 16.3. The molecule has 1 aromatic heterocycles. The number of hydrogen-bond donors (Lipinski definition) is 0. The van der Waals surface area contributed by atoms with Crippen molar-refractivity contribution in [2.75, 3.05) is 0 Å². The SMILES string of the molecule is CCC(C)[C@@H](C)c1cccs1. The van der Waals surface area contributed by atoms with Gasteiger partial charge >= 0.3 is 0 Å². The molecule has 1 aromatic rings. The molecular weight excluding hydrogens is 152 g/mol. The zero-order chi connectivity index (χ0) is 8.27. The van der Waals surface area contributed by atoms with Crippen molar-refractivity contribution < 1.29 is 0 Å². The van der Waals surface area contributed by atoms with Gasteiger partial charge in [-0.05, 0) is 23.3 Å². The zero-order valence-corrected chi connectivity index (χ0v) is 8.32. The van der Waals surface area contributed by atoms with Gasteiger partial charge in [-0.3, -0.25) is 0 Å². The second-order valence-corrected chi connectivity index (χ2v) is 4.17. The zero-order valence-electron chi connectivity index (χ0n) is 7.50. The molecule has 0 bridgehead atoms. The third kappa shape index (κ3) is 2.06. The Labute approximate surface area is 73.3 Å². The summed E-state index contributed by atoms with van der Waals surface area (Å²) in [5.74, 6) is 1.55. The Bertz CT molecular complexity index is 189. The number of rotatable bonds is 3. The van der Waals surface area contributed by atoms with E-state index < -0.39 is 0 Å². The Kier molecular flexibility index (Phi) is 3.13. The van der Waals surface area contributed by atoms with Gasteiger partial charge in [-0.25, -0.2) is 0 Å². The van der Waals surface area contributed by atoms with Crippen LogP contribution in [0.4, 0.5) is 0 Å². The van der Waals surface area contributed by atoms with E-state index in [0.29, 0.717) is 0 Å². The average Bonchev–Trinajstić information content (AvgIpc) is 2.53. The highest BCUT2D eigenvalue weighted by atomic mass is 32.1. The van der Waals surface area contributed by atoms with Crippen LogP contribution in [-0.4, -0.2) is 0 Å². The van der Waals surface area contributed by atoms with Gasteiger partial charge < -0.3 is 0 Å². The predicted octanol–water partition coefficient (Wildman–Crippen LogP) is 3.90. The fourth-order valence-corrected chi connectivity index (χ4v) is 2.10. The summed E-state index contributed by atoms with van der Waals surface area (Å²) in [4.78, 5) is 1.53. The molecule has 0 saturated carbocycles. The molecule has 1 heterocycles. The first-order chi connectivity index (χ1) is 5.25. The molecule has 0 aliphatic heterocycles. The Morgan fingerprint density at radius 2 is 2.18 bits per heavy atom. The summed E-state index contributed by atoms with van der Waals surface area (Å²) >= 11 is 1.87. The van der Waals surface area contributed by atoms with Crippen LogP contribution < -0.4 is 0 Å². The van der Waals surface area contributed by atoms with E-state index in [9.17, 15) is 0 Å².